The summed E-state index contributed by atoms with van der Waals surface area (Å²) in [6, 6.07) is 11.9. The van der Waals surface area contributed by atoms with E-state index in [1.165, 1.54) is 6.07 Å². The van der Waals surface area contributed by atoms with Gasteiger partial charge in [-0.15, -0.1) is 0 Å². The predicted molar refractivity (Wildman–Crippen MR) is 99.1 cm³/mol. The molecule has 1 aliphatic carbocycles. The summed E-state index contributed by atoms with van der Waals surface area (Å²) in [7, 11) is 0. The third kappa shape index (κ3) is 2.60. The van der Waals surface area contributed by atoms with E-state index in [2.05, 4.69) is 5.32 Å². The molecule has 138 valence electrons. The summed E-state index contributed by atoms with van der Waals surface area (Å²) in [5, 5.41) is 3.41. The van der Waals surface area contributed by atoms with Crippen LogP contribution in [-0.4, -0.2) is 36.2 Å². The zero-order valence-corrected chi connectivity index (χ0v) is 15.0. The molecule has 5 heteroatoms. The van der Waals surface area contributed by atoms with Crippen molar-refractivity contribution in [1.82, 2.24) is 10.2 Å². The van der Waals surface area contributed by atoms with Gasteiger partial charge in [-0.1, -0.05) is 24.3 Å². The molecule has 1 N–H and O–H groups in total. The molecular formula is C22H21FN2O2. The maximum Gasteiger partial charge on any atom is 0.254 e. The Morgan fingerprint density at radius 3 is 2.81 bits per heavy atom. The smallest absolute Gasteiger partial charge is 0.254 e. The number of halogens is 1. The van der Waals surface area contributed by atoms with Crippen LogP contribution in [-0.2, 0) is 6.42 Å². The summed E-state index contributed by atoms with van der Waals surface area (Å²) in [4.78, 5) is 27.5. The highest BCUT2D eigenvalue weighted by Gasteiger charge is 2.47. The fraction of sp³-hybridized carbons (Fsp3) is 0.364. The maximum atomic E-state index is 13.9. The van der Waals surface area contributed by atoms with Crippen molar-refractivity contribution in [3.05, 3.63) is 70.5 Å². The Bertz CT molecular complexity index is 942. The van der Waals surface area contributed by atoms with Crippen LogP contribution in [0.4, 0.5) is 4.39 Å². The number of likely N-dealkylation sites (tertiary alicyclic amines) is 1. The van der Waals surface area contributed by atoms with E-state index in [1.54, 1.807) is 18.2 Å². The van der Waals surface area contributed by atoms with Crippen LogP contribution in [0.25, 0.3) is 0 Å². The van der Waals surface area contributed by atoms with Gasteiger partial charge in [0, 0.05) is 43.1 Å². The Labute approximate surface area is 157 Å². The normalized spacial score (nSPS) is 26.3. The maximum absolute atomic E-state index is 13.9. The topological polar surface area (TPSA) is 49.4 Å². The molecule has 4 nitrogen and oxygen atoms in total. The number of nitrogens with one attached hydrogen (secondary N) is 1. The minimum absolute atomic E-state index is 0.0368. The molecule has 0 radical (unpaired) electrons. The van der Waals surface area contributed by atoms with E-state index in [4.69, 9.17) is 0 Å². The summed E-state index contributed by atoms with van der Waals surface area (Å²) in [5.41, 5.74) is 3.04. The highest BCUT2D eigenvalue weighted by molar-refractivity contribution is 6.05. The van der Waals surface area contributed by atoms with Gasteiger partial charge in [0.15, 0.2) is 5.78 Å². The van der Waals surface area contributed by atoms with Crippen LogP contribution in [0.1, 0.15) is 44.3 Å². The van der Waals surface area contributed by atoms with Gasteiger partial charge >= 0.3 is 0 Å². The van der Waals surface area contributed by atoms with Crippen LogP contribution < -0.4 is 5.32 Å². The van der Waals surface area contributed by atoms with Crippen LogP contribution in [0.3, 0.4) is 0 Å². The first-order valence-electron chi connectivity index (χ1n) is 9.55. The Hall–Kier alpha value is -2.53. The molecule has 27 heavy (non-hydrogen) atoms. The number of fused-ring (bicyclic) bond motifs is 2. The Morgan fingerprint density at radius 2 is 1.96 bits per heavy atom. The van der Waals surface area contributed by atoms with Crippen molar-refractivity contribution in [2.24, 2.45) is 11.8 Å². The molecule has 3 aliphatic rings. The van der Waals surface area contributed by atoms with Crippen LogP contribution in [0, 0.1) is 17.7 Å². The number of rotatable bonds is 2. The Kier molecular flexibility index (Phi) is 3.86. The lowest BCUT2D eigenvalue weighted by atomic mass is 9.89. The average Bonchev–Trinajstić information content (AvgIpc) is 3.35. The molecular weight excluding hydrogens is 343 g/mol. The summed E-state index contributed by atoms with van der Waals surface area (Å²) >= 11 is 0. The number of nitrogens with zero attached hydrogens (tertiary/aromatic N) is 1. The average molecular weight is 364 g/mol. The van der Waals surface area contributed by atoms with Gasteiger partial charge in [-0.3, -0.25) is 9.59 Å². The second-order valence-corrected chi connectivity index (χ2v) is 7.79. The Morgan fingerprint density at radius 1 is 1.11 bits per heavy atom. The van der Waals surface area contributed by atoms with Gasteiger partial charge in [0.05, 0.1) is 6.04 Å². The zero-order valence-electron chi connectivity index (χ0n) is 15.0. The van der Waals surface area contributed by atoms with Crippen LogP contribution in [0.5, 0.6) is 0 Å². The molecule has 0 bridgehead atoms. The quantitative estimate of drug-likeness (QED) is 0.891. The van der Waals surface area contributed by atoms with Gasteiger partial charge in [0.2, 0.25) is 0 Å². The molecule has 2 saturated heterocycles. The van der Waals surface area contributed by atoms with E-state index in [0.717, 1.165) is 24.2 Å². The number of hydrogen-bond acceptors (Lipinski definition) is 3. The van der Waals surface area contributed by atoms with Crippen molar-refractivity contribution in [3.63, 3.8) is 0 Å². The summed E-state index contributed by atoms with van der Waals surface area (Å²) < 4.78 is 13.9. The molecule has 2 fully saturated rings. The number of Topliss-reactive ketones (excluding diaryl/α,β-unsaturated/α-hetero) is 1. The lowest BCUT2D eigenvalue weighted by Gasteiger charge is -2.29. The van der Waals surface area contributed by atoms with Crippen molar-refractivity contribution in [1.29, 1.82) is 0 Å². The van der Waals surface area contributed by atoms with Crippen LogP contribution in [0.2, 0.25) is 0 Å². The molecule has 0 saturated carbocycles. The summed E-state index contributed by atoms with van der Waals surface area (Å²) in [6.07, 6.45) is 1.10. The monoisotopic (exact) mass is 364 g/mol. The number of carbonyl (C=O) groups excluding carboxylic acids is 2. The second-order valence-electron chi connectivity index (χ2n) is 7.79. The largest absolute Gasteiger partial charge is 0.331 e. The van der Waals surface area contributed by atoms with Crippen LogP contribution >= 0.6 is 0 Å². The fourth-order valence-corrected chi connectivity index (χ4v) is 5.09. The number of benzene rings is 2. The van der Waals surface area contributed by atoms with Gasteiger partial charge in [0.1, 0.15) is 5.82 Å². The lowest BCUT2D eigenvalue weighted by Crippen LogP contribution is -2.35. The van der Waals surface area contributed by atoms with E-state index in [-0.39, 0.29) is 29.5 Å². The molecule has 0 aromatic heterocycles. The van der Waals surface area contributed by atoms with Gasteiger partial charge < -0.3 is 10.2 Å². The van der Waals surface area contributed by atoms with Gasteiger partial charge in [-0.25, -0.2) is 4.39 Å². The Balaban J connectivity index is 1.55. The minimum Gasteiger partial charge on any atom is -0.331 e. The fourth-order valence-electron chi connectivity index (χ4n) is 5.09. The molecule has 0 spiro atoms. The lowest BCUT2D eigenvalue weighted by molar-refractivity contribution is 0.0712. The van der Waals surface area contributed by atoms with Crippen molar-refractivity contribution in [2.75, 3.05) is 19.6 Å². The van der Waals surface area contributed by atoms with E-state index in [9.17, 15) is 14.0 Å². The molecule has 3 atom stereocenters. The van der Waals surface area contributed by atoms with Gasteiger partial charge in [0.25, 0.3) is 5.91 Å². The first-order chi connectivity index (χ1) is 13.1. The van der Waals surface area contributed by atoms with Gasteiger partial charge in [-0.05, 0) is 41.7 Å². The molecule has 2 heterocycles. The van der Waals surface area contributed by atoms with Crippen molar-refractivity contribution in [2.45, 2.75) is 18.9 Å². The van der Waals surface area contributed by atoms with E-state index in [0.29, 0.717) is 36.4 Å². The molecule has 2 aliphatic heterocycles. The number of carbonyl (C=O) groups is 2. The number of ketones is 1. The molecule has 1 amide bonds. The van der Waals surface area contributed by atoms with Crippen LogP contribution in [0.15, 0.2) is 42.5 Å². The minimum atomic E-state index is -0.277. The molecule has 0 unspecified atom stereocenters. The van der Waals surface area contributed by atoms with Crippen molar-refractivity contribution in [3.8, 4) is 0 Å². The first kappa shape index (κ1) is 16.6. The summed E-state index contributed by atoms with van der Waals surface area (Å²) in [5.74, 6) is 0.462. The number of amides is 1. The van der Waals surface area contributed by atoms with E-state index in [1.807, 2.05) is 23.1 Å². The van der Waals surface area contributed by atoms with Crippen molar-refractivity contribution < 1.29 is 14.0 Å². The highest BCUT2D eigenvalue weighted by atomic mass is 19.1. The predicted octanol–water partition coefficient (Wildman–Crippen LogP) is 2.99. The standard InChI is InChI=1S/C22H21FN2O2/c23-15-4-1-3-13(9-15)21-19-11-24-10-14(19)12-25(21)22(27)18-6-2-5-17-16(18)7-8-20(17)26/h1-6,9,14,19,21,24H,7-8,10-12H2/t14-,19-,21+/m0/s1. The second kappa shape index (κ2) is 6.27. The third-order valence-corrected chi connectivity index (χ3v) is 6.32. The molecule has 2 aromatic rings. The molecule has 2 aromatic carbocycles. The van der Waals surface area contributed by atoms with E-state index < -0.39 is 0 Å². The third-order valence-electron chi connectivity index (χ3n) is 6.32. The van der Waals surface area contributed by atoms with Gasteiger partial charge in [-0.2, -0.15) is 0 Å². The highest BCUT2D eigenvalue weighted by Crippen LogP contribution is 2.44. The first-order valence-corrected chi connectivity index (χ1v) is 9.55. The SMILES string of the molecule is O=C1CCc2c1cccc2C(=O)N1C[C@@H]2CNC[C@@H]2[C@H]1c1cccc(F)c1. The summed E-state index contributed by atoms with van der Waals surface area (Å²) in [6.45, 7) is 2.38. The zero-order chi connectivity index (χ0) is 18.5. The number of hydrogen-bond donors (Lipinski definition) is 1. The molecule has 5 rings (SSSR count). The van der Waals surface area contributed by atoms with Crippen molar-refractivity contribution >= 4 is 11.7 Å². The van der Waals surface area contributed by atoms with E-state index >= 15 is 0 Å².